The zero-order chi connectivity index (χ0) is 23.1. The lowest BCUT2D eigenvalue weighted by Crippen LogP contribution is -2.24. The summed E-state index contributed by atoms with van der Waals surface area (Å²) in [6.07, 6.45) is 0. The molecule has 0 saturated heterocycles. The Balaban J connectivity index is 1.91. The fourth-order valence-electron chi connectivity index (χ4n) is 4.22. The summed E-state index contributed by atoms with van der Waals surface area (Å²) in [7, 11) is 1.53. The second-order valence-corrected chi connectivity index (χ2v) is 7.64. The zero-order valence-corrected chi connectivity index (χ0v) is 17.7. The van der Waals surface area contributed by atoms with Crippen molar-refractivity contribution < 1.29 is 13.6 Å². The first kappa shape index (κ1) is 20.4. The summed E-state index contributed by atoms with van der Waals surface area (Å²) in [5.41, 5.74) is 13.6. The maximum absolute atomic E-state index is 13.2. The number of benzene rings is 3. The molecule has 0 aliphatic rings. The SMILES string of the molecule is COc1cccc(C(c2c(N)c3ccccc3oc2=O)c2c(N)c3ccccc3oc2=O)c1. The van der Waals surface area contributed by atoms with Crippen molar-refractivity contribution in [3.63, 3.8) is 0 Å². The van der Waals surface area contributed by atoms with Gasteiger partial charge in [-0.3, -0.25) is 0 Å². The minimum atomic E-state index is -0.943. The van der Waals surface area contributed by atoms with Crippen LogP contribution in [0.4, 0.5) is 11.4 Å². The molecule has 33 heavy (non-hydrogen) atoms. The quantitative estimate of drug-likeness (QED) is 0.401. The molecule has 0 spiro atoms. The summed E-state index contributed by atoms with van der Waals surface area (Å²) in [5.74, 6) is -0.396. The maximum atomic E-state index is 13.2. The molecule has 7 heteroatoms. The van der Waals surface area contributed by atoms with Gasteiger partial charge in [0.1, 0.15) is 16.9 Å². The van der Waals surface area contributed by atoms with Gasteiger partial charge in [-0.25, -0.2) is 9.59 Å². The molecule has 2 aromatic heterocycles. The molecule has 0 aliphatic heterocycles. The highest BCUT2D eigenvalue weighted by Crippen LogP contribution is 2.39. The van der Waals surface area contributed by atoms with Crippen LogP contribution in [-0.4, -0.2) is 7.11 Å². The molecule has 3 aromatic carbocycles. The van der Waals surface area contributed by atoms with Gasteiger partial charge >= 0.3 is 11.3 Å². The number of nitrogen functional groups attached to an aromatic ring is 2. The van der Waals surface area contributed by atoms with Gasteiger partial charge in [0.2, 0.25) is 0 Å². The fraction of sp³-hybridized carbons (Fsp3) is 0.0769. The Hall–Kier alpha value is -4.52. The first-order chi connectivity index (χ1) is 16.0. The van der Waals surface area contributed by atoms with Crippen molar-refractivity contribution >= 4 is 33.3 Å². The summed E-state index contributed by atoms with van der Waals surface area (Å²) in [4.78, 5) is 26.5. The second kappa shape index (κ2) is 7.87. The molecule has 0 radical (unpaired) electrons. The van der Waals surface area contributed by atoms with Gasteiger partial charge in [0.25, 0.3) is 0 Å². The van der Waals surface area contributed by atoms with Gasteiger partial charge in [-0.2, -0.15) is 0 Å². The average molecular weight is 440 g/mol. The number of rotatable bonds is 4. The molecular formula is C26H20N2O5. The van der Waals surface area contributed by atoms with E-state index in [2.05, 4.69) is 0 Å². The number of anilines is 2. The Bertz CT molecular complexity index is 1540. The molecule has 0 unspecified atom stereocenters. The number of ether oxygens (including phenoxy) is 1. The Labute approximate surface area is 187 Å². The van der Waals surface area contributed by atoms with Crippen LogP contribution in [0.2, 0.25) is 0 Å². The van der Waals surface area contributed by atoms with Crippen LogP contribution >= 0.6 is 0 Å². The van der Waals surface area contributed by atoms with E-state index >= 15 is 0 Å². The largest absolute Gasteiger partial charge is 0.497 e. The van der Waals surface area contributed by atoms with Crippen molar-refractivity contribution in [3.8, 4) is 5.75 Å². The molecule has 5 aromatic rings. The van der Waals surface area contributed by atoms with Crippen LogP contribution in [0.1, 0.15) is 22.6 Å². The predicted molar refractivity (Wildman–Crippen MR) is 128 cm³/mol. The molecule has 0 aliphatic carbocycles. The van der Waals surface area contributed by atoms with Crippen LogP contribution in [0, 0.1) is 0 Å². The standard InChI is InChI=1S/C26H20N2O5/c1-31-15-8-6-7-14(13-15)20(21-23(27)16-9-2-4-11-18(16)32-25(21)29)22-24(28)17-10-3-5-12-19(17)33-26(22)30/h2-13,20H,27-28H2,1H3. The molecule has 0 saturated carbocycles. The predicted octanol–water partition coefficient (Wildman–Crippen LogP) is 4.25. The van der Waals surface area contributed by atoms with Crippen LogP contribution in [0.3, 0.4) is 0 Å². The minimum absolute atomic E-state index is 0.108. The van der Waals surface area contributed by atoms with Crippen molar-refractivity contribution in [3.05, 3.63) is 110 Å². The second-order valence-electron chi connectivity index (χ2n) is 7.64. The van der Waals surface area contributed by atoms with Crippen LogP contribution in [0.5, 0.6) is 5.75 Å². The van der Waals surface area contributed by atoms with E-state index in [1.807, 2.05) is 0 Å². The number of hydrogen-bond donors (Lipinski definition) is 2. The summed E-state index contributed by atoms with van der Waals surface area (Å²) in [5, 5.41) is 1.12. The lowest BCUT2D eigenvalue weighted by molar-refractivity contribution is 0.414. The number of methoxy groups -OCH3 is 1. The number of nitrogens with two attached hydrogens (primary N) is 2. The van der Waals surface area contributed by atoms with Gasteiger partial charge in [0.15, 0.2) is 0 Å². The Kier molecular flexibility index (Phi) is 4.86. The lowest BCUT2D eigenvalue weighted by Gasteiger charge is -2.21. The zero-order valence-electron chi connectivity index (χ0n) is 17.7. The summed E-state index contributed by atoms with van der Waals surface area (Å²) < 4.78 is 16.5. The third kappa shape index (κ3) is 3.30. The summed E-state index contributed by atoms with van der Waals surface area (Å²) in [6.45, 7) is 0. The van der Waals surface area contributed by atoms with E-state index in [9.17, 15) is 9.59 Å². The third-order valence-corrected chi connectivity index (χ3v) is 5.78. The van der Waals surface area contributed by atoms with E-state index in [1.165, 1.54) is 7.11 Å². The smallest absolute Gasteiger partial charge is 0.342 e. The highest BCUT2D eigenvalue weighted by Gasteiger charge is 2.31. The topological polar surface area (TPSA) is 122 Å². The Morgan fingerprint density at radius 3 is 1.76 bits per heavy atom. The number of para-hydroxylation sites is 2. The minimum Gasteiger partial charge on any atom is -0.497 e. The first-order valence-corrected chi connectivity index (χ1v) is 10.3. The molecular weight excluding hydrogens is 420 g/mol. The molecule has 7 nitrogen and oxygen atoms in total. The normalized spacial score (nSPS) is 11.3. The van der Waals surface area contributed by atoms with E-state index < -0.39 is 17.2 Å². The van der Waals surface area contributed by atoms with Crippen LogP contribution in [-0.2, 0) is 0 Å². The molecule has 0 fully saturated rings. The maximum Gasteiger partial charge on any atom is 0.342 e. The number of hydrogen-bond acceptors (Lipinski definition) is 7. The summed E-state index contributed by atoms with van der Waals surface area (Å²) >= 11 is 0. The lowest BCUT2D eigenvalue weighted by atomic mass is 9.84. The van der Waals surface area contributed by atoms with Gasteiger partial charge in [0.05, 0.1) is 35.5 Å². The first-order valence-electron chi connectivity index (χ1n) is 10.3. The van der Waals surface area contributed by atoms with Gasteiger partial charge in [-0.1, -0.05) is 36.4 Å². The third-order valence-electron chi connectivity index (χ3n) is 5.78. The van der Waals surface area contributed by atoms with E-state index in [0.717, 1.165) is 0 Å². The fourth-order valence-corrected chi connectivity index (χ4v) is 4.22. The molecule has 0 atom stereocenters. The highest BCUT2D eigenvalue weighted by molar-refractivity contribution is 5.93. The summed E-state index contributed by atoms with van der Waals surface area (Å²) in [6, 6.07) is 21.0. The molecule has 164 valence electrons. The van der Waals surface area contributed by atoms with E-state index in [-0.39, 0.29) is 22.5 Å². The van der Waals surface area contributed by atoms with Gasteiger partial charge in [-0.05, 0) is 42.0 Å². The van der Waals surface area contributed by atoms with E-state index in [0.29, 0.717) is 33.3 Å². The van der Waals surface area contributed by atoms with Gasteiger partial charge in [0, 0.05) is 10.8 Å². The van der Waals surface area contributed by atoms with Crippen LogP contribution in [0.25, 0.3) is 21.9 Å². The Morgan fingerprint density at radius 1 is 0.727 bits per heavy atom. The number of fused-ring (bicyclic) bond motifs is 2. The van der Waals surface area contributed by atoms with Crippen molar-refractivity contribution in [2.75, 3.05) is 18.6 Å². The van der Waals surface area contributed by atoms with E-state index in [1.54, 1.807) is 72.8 Å². The average Bonchev–Trinajstić information content (AvgIpc) is 2.83. The molecule has 2 heterocycles. The van der Waals surface area contributed by atoms with Gasteiger partial charge < -0.3 is 25.0 Å². The van der Waals surface area contributed by atoms with Crippen LogP contribution < -0.4 is 27.5 Å². The van der Waals surface area contributed by atoms with Gasteiger partial charge in [-0.15, -0.1) is 0 Å². The van der Waals surface area contributed by atoms with Crippen LogP contribution in [0.15, 0.2) is 91.2 Å². The van der Waals surface area contributed by atoms with E-state index in [4.69, 9.17) is 25.0 Å². The monoisotopic (exact) mass is 440 g/mol. The Morgan fingerprint density at radius 2 is 1.24 bits per heavy atom. The van der Waals surface area contributed by atoms with Crippen molar-refractivity contribution in [1.29, 1.82) is 0 Å². The molecule has 0 bridgehead atoms. The van der Waals surface area contributed by atoms with Crippen molar-refractivity contribution in [2.45, 2.75) is 5.92 Å². The highest BCUT2D eigenvalue weighted by atomic mass is 16.5. The van der Waals surface area contributed by atoms with Crippen molar-refractivity contribution in [1.82, 2.24) is 0 Å². The van der Waals surface area contributed by atoms with Crippen molar-refractivity contribution in [2.24, 2.45) is 0 Å². The molecule has 0 amide bonds. The molecule has 5 rings (SSSR count). The molecule has 4 N–H and O–H groups in total.